The molecule has 0 aliphatic carbocycles. The van der Waals surface area contributed by atoms with Crippen LogP contribution in [0.15, 0.2) is 47.5 Å². The molecular weight excluding hydrogens is 436 g/mol. The molecular formula is C22H26N2O5S2. The second kappa shape index (κ2) is 10.1. The van der Waals surface area contributed by atoms with Gasteiger partial charge in [0.2, 0.25) is 5.91 Å². The number of carbonyl (C=O) groups is 1. The van der Waals surface area contributed by atoms with Crippen molar-refractivity contribution < 1.29 is 22.7 Å². The van der Waals surface area contributed by atoms with Crippen LogP contribution in [-0.2, 0) is 26.9 Å². The Bertz CT molecular complexity index is 1230. The zero-order valence-electron chi connectivity index (χ0n) is 17.8. The van der Waals surface area contributed by atoms with Crippen LogP contribution in [0.5, 0.6) is 11.5 Å². The van der Waals surface area contributed by atoms with E-state index >= 15 is 0 Å². The Kier molecular flexibility index (Phi) is 7.50. The van der Waals surface area contributed by atoms with Crippen molar-refractivity contribution in [2.75, 3.05) is 20.0 Å². The molecule has 7 nitrogen and oxygen atoms in total. The molecule has 0 radical (unpaired) electrons. The average Bonchev–Trinajstić information content (AvgIpc) is 3.11. The number of thiazole rings is 1. The summed E-state index contributed by atoms with van der Waals surface area (Å²) in [7, 11) is -0.0977. The van der Waals surface area contributed by atoms with E-state index in [0.29, 0.717) is 22.8 Å². The van der Waals surface area contributed by atoms with E-state index in [2.05, 4.69) is 4.99 Å². The second-order valence-electron chi connectivity index (χ2n) is 6.96. The molecule has 3 aromatic rings. The molecule has 0 N–H and O–H groups in total. The van der Waals surface area contributed by atoms with Gasteiger partial charge in [0.15, 0.2) is 14.6 Å². The van der Waals surface area contributed by atoms with Gasteiger partial charge in [0.05, 0.1) is 25.7 Å². The van der Waals surface area contributed by atoms with Crippen molar-refractivity contribution in [3.05, 3.63) is 52.8 Å². The van der Waals surface area contributed by atoms with Gasteiger partial charge in [-0.3, -0.25) is 4.79 Å². The summed E-state index contributed by atoms with van der Waals surface area (Å²) in [4.78, 5) is 17.3. The molecule has 31 heavy (non-hydrogen) atoms. The zero-order valence-corrected chi connectivity index (χ0v) is 19.5. The van der Waals surface area contributed by atoms with Crippen LogP contribution in [0.25, 0.3) is 10.2 Å². The smallest absolute Gasteiger partial charge is 0.248 e. The lowest BCUT2D eigenvalue weighted by Gasteiger charge is -2.08. The number of fused-ring (bicyclic) bond motifs is 1. The van der Waals surface area contributed by atoms with E-state index in [4.69, 9.17) is 9.47 Å². The van der Waals surface area contributed by atoms with Gasteiger partial charge in [-0.1, -0.05) is 41.7 Å². The Morgan fingerprint density at radius 1 is 1.06 bits per heavy atom. The van der Waals surface area contributed by atoms with Gasteiger partial charge < -0.3 is 14.0 Å². The Morgan fingerprint density at radius 2 is 1.74 bits per heavy atom. The fourth-order valence-electron chi connectivity index (χ4n) is 3.34. The molecule has 1 heterocycles. The highest BCUT2D eigenvalue weighted by molar-refractivity contribution is 7.90. The molecule has 1 amide bonds. The van der Waals surface area contributed by atoms with Crippen molar-refractivity contribution in [1.29, 1.82) is 0 Å². The van der Waals surface area contributed by atoms with E-state index in [-0.39, 0.29) is 30.3 Å². The fraction of sp³-hybridized carbons (Fsp3) is 0.364. The predicted molar refractivity (Wildman–Crippen MR) is 122 cm³/mol. The van der Waals surface area contributed by atoms with E-state index in [1.165, 1.54) is 11.3 Å². The molecule has 0 saturated carbocycles. The number of sulfone groups is 1. The Labute approximate surface area is 185 Å². The van der Waals surface area contributed by atoms with Gasteiger partial charge in [0.25, 0.3) is 0 Å². The lowest BCUT2D eigenvalue weighted by Crippen LogP contribution is -2.16. The average molecular weight is 463 g/mol. The maximum Gasteiger partial charge on any atom is 0.248 e. The number of amides is 1. The van der Waals surface area contributed by atoms with Crippen molar-refractivity contribution in [3.8, 4) is 11.5 Å². The Hall–Kier alpha value is -2.65. The van der Waals surface area contributed by atoms with Gasteiger partial charge in [-0.2, -0.15) is 4.99 Å². The minimum absolute atomic E-state index is 0.0229. The molecule has 0 bridgehead atoms. The molecule has 9 heteroatoms. The molecule has 0 fully saturated rings. The number of hydrogen-bond acceptors (Lipinski definition) is 6. The van der Waals surface area contributed by atoms with Gasteiger partial charge in [-0.15, -0.1) is 0 Å². The van der Waals surface area contributed by atoms with E-state index in [0.717, 1.165) is 15.8 Å². The monoisotopic (exact) mass is 462 g/mol. The molecule has 166 valence electrons. The van der Waals surface area contributed by atoms with E-state index in [1.54, 1.807) is 26.4 Å². The normalized spacial score (nSPS) is 12.3. The molecule has 0 unspecified atom stereocenters. The number of hydrogen-bond donors (Lipinski definition) is 0. The molecule has 0 aliphatic rings. The van der Waals surface area contributed by atoms with Crippen LogP contribution in [-0.4, -0.2) is 38.9 Å². The summed E-state index contributed by atoms with van der Waals surface area (Å²) in [6.45, 7) is 2.56. The van der Waals surface area contributed by atoms with Crippen molar-refractivity contribution >= 4 is 37.3 Å². The zero-order chi connectivity index (χ0) is 22.4. The van der Waals surface area contributed by atoms with Crippen LogP contribution in [0.2, 0.25) is 0 Å². The highest BCUT2D eigenvalue weighted by atomic mass is 32.2. The standard InChI is InChI=1S/C22H26N2O5S2/c1-4-24-20-17(28-2)12-13-18(29-3)21(20)30-22(24)23-19(25)11-8-14-31(26,27)15-16-9-6-5-7-10-16/h5-7,9-10,12-13H,4,8,11,14-15H2,1-3H3. The van der Waals surface area contributed by atoms with Crippen LogP contribution in [0.3, 0.4) is 0 Å². The number of aromatic nitrogens is 1. The first-order valence-corrected chi connectivity index (χ1v) is 12.6. The number of carbonyl (C=O) groups excluding carboxylic acids is 1. The van der Waals surface area contributed by atoms with Crippen LogP contribution in [0.1, 0.15) is 25.3 Å². The fourth-order valence-corrected chi connectivity index (χ4v) is 5.99. The quantitative estimate of drug-likeness (QED) is 0.485. The highest BCUT2D eigenvalue weighted by Gasteiger charge is 2.16. The minimum atomic E-state index is -3.28. The minimum Gasteiger partial charge on any atom is -0.495 e. The summed E-state index contributed by atoms with van der Waals surface area (Å²) in [6.07, 6.45) is 0.307. The highest BCUT2D eigenvalue weighted by Crippen LogP contribution is 2.35. The van der Waals surface area contributed by atoms with Crippen LogP contribution in [0.4, 0.5) is 0 Å². The van der Waals surface area contributed by atoms with Gasteiger partial charge in [-0.25, -0.2) is 8.42 Å². The molecule has 2 aromatic carbocycles. The van der Waals surface area contributed by atoms with Gasteiger partial charge >= 0.3 is 0 Å². The molecule has 0 atom stereocenters. The second-order valence-corrected chi connectivity index (χ2v) is 10.1. The summed E-state index contributed by atoms with van der Waals surface area (Å²) >= 11 is 1.35. The number of nitrogens with zero attached hydrogens (tertiary/aromatic N) is 2. The first kappa shape index (κ1) is 23.0. The number of rotatable bonds is 9. The van der Waals surface area contributed by atoms with Gasteiger partial charge in [0.1, 0.15) is 21.7 Å². The van der Waals surface area contributed by atoms with E-state index in [1.807, 2.05) is 41.8 Å². The molecule has 0 aliphatic heterocycles. The predicted octanol–water partition coefficient (Wildman–Crippen LogP) is 3.56. The maximum atomic E-state index is 12.5. The largest absolute Gasteiger partial charge is 0.495 e. The van der Waals surface area contributed by atoms with Crippen molar-refractivity contribution in [2.45, 2.75) is 32.1 Å². The van der Waals surface area contributed by atoms with Crippen molar-refractivity contribution in [1.82, 2.24) is 4.57 Å². The third kappa shape index (κ3) is 5.54. The van der Waals surface area contributed by atoms with E-state index in [9.17, 15) is 13.2 Å². The summed E-state index contributed by atoms with van der Waals surface area (Å²) < 4.78 is 38.3. The van der Waals surface area contributed by atoms with Crippen LogP contribution < -0.4 is 14.3 Å². The first-order valence-electron chi connectivity index (χ1n) is 9.94. The van der Waals surface area contributed by atoms with Crippen molar-refractivity contribution in [2.24, 2.45) is 4.99 Å². The summed E-state index contributed by atoms with van der Waals surface area (Å²) in [5.74, 6) is 0.941. The van der Waals surface area contributed by atoms with Crippen LogP contribution >= 0.6 is 11.3 Å². The lowest BCUT2D eigenvalue weighted by molar-refractivity contribution is -0.118. The summed E-state index contributed by atoms with van der Waals surface area (Å²) in [6, 6.07) is 12.7. The Balaban J connectivity index is 1.76. The number of ether oxygens (including phenoxy) is 2. The third-order valence-electron chi connectivity index (χ3n) is 4.80. The molecule has 3 rings (SSSR count). The van der Waals surface area contributed by atoms with Gasteiger partial charge in [0, 0.05) is 13.0 Å². The maximum absolute atomic E-state index is 12.5. The lowest BCUT2D eigenvalue weighted by atomic mass is 10.2. The SMILES string of the molecule is CCn1c(=NC(=O)CCCS(=O)(=O)Cc2ccccc2)sc2c(OC)ccc(OC)c21. The molecule has 1 aromatic heterocycles. The molecule has 0 spiro atoms. The summed E-state index contributed by atoms with van der Waals surface area (Å²) in [5.41, 5.74) is 1.57. The van der Waals surface area contributed by atoms with Gasteiger partial charge in [-0.05, 0) is 31.0 Å². The number of benzene rings is 2. The van der Waals surface area contributed by atoms with Crippen molar-refractivity contribution in [3.63, 3.8) is 0 Å². The number of methoxy groups -OCH3 is 2. The molecule has 0 saturated heterocycles. The summed E-state index contributed by atoms with van der Waals surface area (Å²) in [5, 5.41) is 0. The first-order chi connectivity index (χ1) is 14.9. The number of aryl methyl sites for hydroxylation is 1. The Morgan fingerprint density at radius 3 is 2.39 bits per heavy atom. The van der Waals surface area contributed by atoms with Crippen LogP contribution in [0, 0.1) is 0 Å². The van der Waals surface area contributed by atoms with E-state index < -0.39 is 9.84 Å². The topological polar surface area (TPSA) is 87.0 Å². The third-order valence-corrected chi connectivity index (χ3v) is 7.58.